The summed E-state index contributed by atoms with van der Waals surface area (Å²) in [5.74, 6) is -0.483. The highest BCUT2D eigenvalue weighted by atomic mass is 35.5. The number of para-hydroxylation sites is 1. The van der Waals surface area contributed by atoms with Gasteiger partial charge in [-0.05, 0) is 48.5 Å². The van der Waals surface area contributed by atoms with Crippen LogP contribution >= 0.6 is 23.2 Å². The third-order valence-electron chi connectivity index (χ3n) is 4.05. The summed E-state index contributed by atoms with van der Waals surface area (Å²) < 4.78 is 27.0. The van der Waals surface area contributed by atoms with Crippen molar-refractivity contribution in [2.45, 2.75) is 4.90 Å². The molecule has 0 aliphatic heterocycles. The molecule has 0 spiro atoms. The number of anilines is 2. The van der Waals surface area contributed by atoms with Crippen molar-refractivity contribution < 1.29 is 13.2 Å². The van der Waals surface area contributed by atoms with E-state index >= 15 is 0 Å². The van der Waals surface area contributed by atoms with Crippen LogP contribution < -0.4 is 9.62 Å². The lowest BCUT2D eigenvalue weighted by atomic mass is 10.2. The number of sulfonamides is 1. The van der Waals surface area contributed by atoms with Crippen LogP contribution in [-0.4, -0.2) is 21.4 Å². The summed E-state index contributed by atoms with van der Waals surface area (Å²) in [6.07, 6.45) is 0. The average Bonchev–Trinajstić information content (AvgIpc) is 2.70. The molecule has 0 radical (unpaired) electrons. The van der Waals surface area contributed by atoms with Crippen LogP contribution in [0.5, 0.6) is 0 Å². The lowest BCUT2D eigenvalue weighted by Gasteiger charge is -2.19. The molecular weight excluding hydrogens is 419 g/mol. The Balaban J connectivity index is 1.88. The quantitative estimate of drug-likeness (QED) is 0.609. The third-order valence-corrected chi connectivity index (χ3v) is 6.38. The number of hydrogen-bond donors (Lipinski definition) is 1. The molecule has 0 unspecified atom stereocenters. The fourth-order valence-corrected chi connectivity index (χ4v) is 4.22. The predicted octanol–water partition coefficient (Wildman–Crippen LogP) is 5.07. The maximum absolute atomic E-state index is 12.9. The number of rotatable bonds is 5. The van der Waals surface area contributed by atoms with Gasteiger partial charge < -0.3 is 5.32 Å². The zero-order valence-corrected chi connectivity index (χ0v) is 17.1. The normalized spacial score (nSPS) is 11.1. The second-order valence-electron chi connectivity index (χ2n) is 5.91. The molecule has 3 aromatic carbocycles. The van der Waals surface area contributed by atoms with Crippen LogP contribution in [-0.2, 0) is 10.0 Å². The molecule has 3 rings (SSSR count). The summed E-state index contributed by atoms with van der Waals surface area (Å²) >= 11 is 11.9. The summed E-state index contributed by atoms with van der Waals surface area (Å²) in [4.78, 5) is 12.6. The van der Waals surface area contributed by atoms with E-state index in [2.05, 4.69) is 5.32 Å². The number of hydrogen-bond acceptors (Lipinski definition) is 3. The number of carbonyl (C=O) groups excluding carboxylic acids is 1. The molecule has 0 aliphatic rings. The van der Waals surface area contributed by atoms with Gasteiger partial charge in [0.05, 0.1) is 21.3 Å². The van der Waals surface area contributed by atoms with Crippen LogP contribution in [0, 0.1) is 0 Å². The Hall–Kier alpha value is -2.54. The van der Waals surface area contributed by atoms with Crippen molar-refractivity contribution in [1.29, 1.82) is 0 Å². The summed E-state index contributed by atoms with van der Waals surface area (Å²) in [6.45, 7) is 0. The van der Waals surface area contributed by atoms with E-state index in [1.54, 1.807) is 42.5 Å². The Morgan fingerprint density at radius 2 is 1.64 bits per heavy atom. The van der Waals surface area contributed by atoms with Crippen LogP contribution in [0.1, 0.15) is 10.4 Å². The zero-order valence-electron chi connectivity index (χ0n) is 14.8. The molecule has 28 heavy (non-hydrogen) atoms. The molecule has 0 heterocycles. The van der Waals surface area contributed by atoms with Crippen molar-refractivity contribution >= 4 is 50.5 Å². The Morgan fingerprint density at radius 1 is 0.929 bits per heavy atom. The summed E-state index contributed by atoms with van der Waals surface area (Å²) in [6, 6.07) is 19.2. The fraction of sp³-hybridized carbons (Fsp3) is 0.0500. The van der Waals surface area contributed by atoms with Crippen LogP contribution in [0.3, 0.4) is 0 Å². The van der Waals surface area contributed by atoms with E-state index < -0.39 is 15.9 Å². The number of nitrogens with one attached hydrogen (secondary N) is 1. The van der Waals surface area contributed by atoms with Gasteiger partial charge in [0, 0.05) is 17.6 Å². The van der Waals surface area contributed by atoms with Gasteiger partial charge in [-0.25, -0.2) is 8.42 Å². The molecule has 0 aliphatic carbocycles. The van der Waals surface area contributed by atoms with Crippen molar-refractivity contribution in [2.75, 3.05) is 16.7 Å². The number of halogens is 2. The summed E-state index contributed by atoms with van der Waals surface area (Å²) in [5.41, 5.74) is 1.09. The maximum atomic E-state index is 12.9. The van der Waals surface area contributed by atoms with E-state index in [4.69, 9.17) is 23.2 Å². The first-order valence-electron chi connectivity index (χ1n) is 8.19. The lowest BCUT2D eigenvalue weighted by molar-refractivity contribution is 0.102. The van der Waals surface area contributed by atoms with Crippen LogP contribution in [0.15, 0.2) is 77.7 Å². The average molecular weight is 435 g/mol. The second-order valence-corrected chi connectivity index (χ2v) is 8.73. The van der Waals surface area contributed by atoms with Crippen molar-refractivity contribution in [1.82, 2.24) is 0 Å². The summed E-state index contributed by atoms with van der Waals surface area (Å²) in [7, 11) is -2.36. The molecule has 1 N–H and O–H groups in total. The minimum absolute atomic E-state index is 0.00806. The van der Waals surface area contributed by atoms with Gasteiger partial charge in [-0.3, -0.25) is 9.10 Å². The first-order valence-corrected chi connectivity index (χ1v) is 10.4. The molecule has 1 amide bonds. The van der Waals surface area contributed by atoms with Gasteiger partial charge in [0.25, 0.3) is 15.9 Å². The molecule has 0 saturated heterocycles. The van der Waals surface area contributed by atoms with Crippen LogP contribution in [0.2, 0.25) is 10.0 Å². The molecular formula is C20H16Cl2N2O3S. The van der Waals surface area contributed by atoms with E-state index in [0.29, 0.717) is 16.4 Å². The first kappa shape index (κ1) is 20.2. The van der Waals surface area contributed by atoms with Gasteiger partial charge in [0.15, 0.2) is 0 Å². The standard InChI is InChI=1S/C20H16Cl2N2O3S/c1-24(16-7-3-2-4-8-16)28(26,27)17-9-5-6-14(12-17)20(25)23-19-11-10-15(21)13-18(19)22/h2-13H,1H3,(H,23,25). The van der Waals surface area contributed by atoms with Gasteiger partial charge in [-0.2, -0.15) is 0 Å². The van der Waals surface area contributed by atoms with Gasteiger partial charge >= 0.3 is 0 Å². The van der Waals surface area contributed by atoms with Crippen molar-refractivity contribution in [3.8, 4) is 0 Å². The maximum Gasteiger partial charge on any atom is 0.264 e. The molecule has 0 aromatic heterocycles. The molecule has 3 aromatic rings. The highest BCUT2D eigenvalue weighted by Crippen LogP contribution is 2.26. The monoisotopic (exact) mass is 434 g/mol. The minimum Gasteiger partial charge on any atom is -0.321 e. The Labute approximate surface area is 173 Å². The minimum atomic E-state index is -3.82. The van der Waals surface area contributed by atoms with Gasteiger partial charge in [-0.1, -0.05) is 47.5 Å². The van der Waals surface area contributed by atoms with Gasteiger partial charge in [-0.15, -0.1) is 0 Å². The number of amides is 1. The molecule has 0 bridgehead atoms. The SMILES string of the molecule is CN(c1ccccc1)S(=O)(=O)c1cccc(C(=O)Nc2ccc(Cl)cc2Cl)c1. The summed E-state index contributed by atoms with van der Waals surface area (Å²) in [5, 5.41) is 3.39. The molecule has 8 heteroatoms. The molecule has 0 saturated carbocycles. The van der Waals surface area contributed by atoms with Crippen LogP contribution in [0.25, 0.3) is 0 Å². The van der Waals surface area contributed by atoms with Crippen molar-refractivity contribution in [3.63, 3.8) is 0 Å². The molecule has 144 valence electrons. The predicted molar refractivity (Wildman–Crippen MR) is 113 cm³/mol. The van der Waals surface area contributed by atoms with E-state index in [-0.39, 0.29) is 15.5 Å². The molecule has 0 fully saturated rings. The Morgan fingerprint density at radius 3 is 2.32 bits per heavy atom. The van der Waals surface area contributed by atoms with Gasteiger partial charge in [0.1, 0.15) is 0 Å². The number of carbonyl (C=O) groups is 1. The zero-order chi connectivity index (χ0) is 20.3. The van der Waals surface area contributed by atoms with Gasteiger partial charge in [0.2, 0.25) is 0 Å². The third kappa shape index (κ3) is 4.30. The van der Waals surface area contributed by atoms with E-state index in [9.17, 15) is 13.2 Å². The molecule has 0 atom stereocenters. The Bertz CT molecular complexity index is 1120. The highest BCUT2D eigenvalue weighted by molar-refractivity contribution is 7.92. The fourth-order valence-electron chi connectivity index (χ4n) is 2.52. The Kier molecular flexibility index (Phi) is 5.93. The van der Waals surface area contributed by atoms with E-state index in [1.807, 2.05) is 0 Å². The van der Waals surface area contributed by atoms with E-state index in [1.165, 1.54) is 41.7 Å². The number of benzene rings is 3. The lowest BCUT2D eigenvalue weighted by Crippen LogP contribution is -2.26. The topological polar surface area (TPSA) is 66.5 Å². The number of nitrogens with zero attached hydrogens (tertiary/aromatic N) is 1. The second kappa shape index (κ2) is 8.22. The smallest absolute Gasteiger partial charge is 0.264 e. The largest absolute Gasteiger partial charge is 0.321 e. The van der Waals surface area contributed by atoms with Crippen LogP contribution in [0.4, 0.5) is 11.4 Å². The van der Waals surface area contributed by atoms with Crippen molar-refractivity contribution in [2.24, 2.45) is 0 Å². The first-order chi connectivity index (χ1) is 13.3. The van der Waals surface area contributed by atoms with Crippen molar-refractivity contribution in [3.05, 3.63) is 88.4 Å². The molecule has 5 nitrogen and oxygen atoms in total. The van der Waals surface area contributed by atoms with E-state index in [0.717, 1.165) is 0 Å². The highest BCUT2D eigenvalue weighted by Gasteiger charge is 2.22.